The number of amides is 1. The maximum absolute atomic E-state index is 12.3. The van der Waals surface area contributed by atoms with Crippen LogP contribution >= 0.6 is 47.0 Å². The second-order valence-corrected chi connectivity index (χ2v) is 9.16. The lowest BCUT2D eigenvalue weighted by Crippen LogP contribution is -2.55. The van der Waals surface area contributed by atoms with Crippen molar-refractivity contribution in [3.05, 3.63) is 84.4 Å². The summed E-state index contributed by atoms with van der Waals surface area (Å²) in [5.74, 6) is -0.434. The van der Waals surface area contributed by atoms with Gasteiger partial charge in [-0.1, -0.05) is 95.5 Å². The van der Waals surface area contributed by atoms with E-state index < -0.39 is 15.9 Å². The van der Waals surface area contributed by atoms with Gasteiger partial charge in [0.25, 0.3) is 0 Å². The maximum atomic E-state index is 12.3. The normalized spacial score (nSPS) is 12.5. The predicted octanol–water partition coefficient (Wildman–Crippen LogP) is 5.65. The third kappa shape index (κ3) is 6.61. The van der Waals surface area contributed by atoms with E-state index in [-0.39, 0.29) is 5.11 Å². The Hall–Kier alpha value is -2.31. The Balaban J connectivity index is 1.64. The molecule has 154 valence electrons. The molecule has 30 heavy (non-hydrogen) atoms. The fraction of sp³-hybridized carbons (Fsp3) is 0.0909. The van der Waals surface area contributed by atoms with Crippen LogP contribution in [0.3, 0.4) is 0 Å². The Bertz CT molecular complexity index is 1070. The Kier molecular flexibility index (Phi) is 7.56. The number of carbonyl (C=O) groups is 1. The Morgan fingerprint density at radius 3 is 2.27 bits per heavy atom. The molecule has 0 aliphatic rings. The molecule has 0 heterocycles. The summed E-state index contributed by atoms with van der Waals surface area (Å²) >= 11 is 23.4. The van der Waals surface area contributed by atoms with Gasteiger partial charge in [-0.3, -0.25) is 4.79 Å². The molecule has 0 aliphatic heterocycles. The second kappa shape index (κ2) is 10.1. The maximum Gasteiger partial charge on any atom is 0.245 e. The van der Waals surface area contributed by atoms with Crippen molar-refractivity contribution in [2.45, 2.75) is 9.96 Å². The molecule has 3 rings (SSSR count). The number of thiocarbonyl (C=S) groups is 1. The third-order valence-corrected chi connectivity index (χ3v) is 5.00. The molecule has 0 aliphatic carbocycles. The van der Waals surface area contributed by atoms with Crippen LogP contribution in [-0.4, -0.2) is 21.0 Å². The zero-order chi connectivity index (χ0) is 21.6. The highest BCUT2D eigenvalue weighted by molar-refractivity contribution is 7.80. The first-order valence-electron chi connectivity index (χ1n) is 8.98. The van der Waals surface area contributed by atoms with Crippen molar-refractivity contribution in [1.82, 2.24) is 10.6 Å². The average molecular weight is 479 g/mol. The quantitative estimate of drug-likeness (QED) is 0.192. The van der Waals surface area contributed by atoms with Crippen LogP contribution in [0.1, 0.15) is 5.56 Å². The van der Waals surface area contributed by atoms with E-state index >= 15 is 0 Å². The lowest BCUT2D eigenvalue weighted by Gasteiger charge is -2.27. The highest BCUT2D eigenvalue weighted by Gasteiger charge is 2.34. The molecule has 1 amide bonds. The molecule has 1 atom stereocenters. The summed E-state index contributed by atoms with van der Waals surface area (Å²) in [4.78, 5) is 12.3. The van der Waals surface area contributed by atoms with Crippen LogP contribution in [0.2, 0.25) is 0 Å². The van der Waals surface area contributed by atoms with E-state index in [1.165, 1.54) is 6.08 Å². The SMILES string of the molecule is O=C(/C=C\c1ccccc1)N[C@@H](NC(=S)Nc1ccc2ccccc2c1)C(Cl)(Cl)Cl. The van der Waals surface area contributed by atoms with E-state index in [4.69, 9.17) is 47.0 Å². The summed E-state index contributed by atoms with van der Waals surface area (Å²) in [6.07, 6.45) is 1.98. The van der Waals surface area contributed by atoms with Crippen molar-refractivity contribution in [2.75, 3.05) is 5.32 Å². The lowest BCUT2D eigenvalue weighted by molar-refractivity contribution is -0.117. The number of benzene rings is 3. The number of rotatable bonds is 5. The summed E-state index contributed by atoms with van der Waals surface area (Å²) < 4.78 is -1.83. The van der Waals surface area contributed by atoms with E-state index in [1.807, 2.05) is 72.8 Å². The number of carbonyl (C=O) groups excluding carboxylic acids is 1. The Morgan fingerprint density at radius 2 is 1.57 bits per heavy atom. The molecule has 0 saturated heterocycles. The smallest absolute Gasteiger partial charge is 0.245 e. The topological polar surface area (TPSA) is 53.2 Å². The monoisotopic (exact) mass is 477 g/mol. The van der Waals surface area contributed by atoms with Crippen LogP contribution in [-0.2, 0) is 4.79 Å². The molecule has 0 fully saturated rings. The summed E-state index contributed by atoms with van der Waals surface area (Å²) in [6.45, 7) is 0. The number of hydrogen-bond acceptors (Lipinski definition) is 2. The molecule has 0 saturated carbocycles. The van der Waals surface area contributed by atoms with E-state index in [0.29, 0.717) is 0 Å². The largest absolute Gasteiger partial charge is 0.339 e. The molecule has 0 aromatic heterocycles. The van der Waals surface area contributed by atoms with Gasteiger partial charge in [-0.05, 0) is 46.8 Å². The van der Waals surface area contributed by atoms with E-state index in [2.05, 4.69) is 16.0 Å². The van der Waals surface area contributed by atoms with Crippen LogP contribution in [0, 0.1) is 0 Å². The van der Waals surface area contributed by atoms with Gasteiger partial charge in [0, 0.05) is 11.8 Å². The Labute approximate surface area is 195 Å². The highest BCUT2D eigenvalue weighted by atomic mass is 35.6. The Morgan fingerprint density at radius 1 is 0.900 bits per heavy atom. The van der Waals surface area contributed by atoms with Gasteiger partial charge >= 0.3 is 0 Å². The van der Waals surface area contributed by atoms with Crippen molar-refractivity contribution in [3.8, 4) is 0 Å². The average Bonchev–Trinajstić information content (AvgIpc) is 2.72. The van der Waals surface area contributed by atoms with Gasteiger partial charge in [0.15, 0.2) is 5.11 Å². The van der Waals surface area contributed by atoms with Crippen LogP contribution in [0.15, 0.2) is 78.9 Å². The standard InChI is InChI=1S/C22H18Cl3N3OS/c23-22(24,25)20(27-19(29)13-10-15-6-2-1-3-7-15)28-21(30)26-18-12-11-16-8-4-5-9-17(16)14-18/h1-14,20H,(H,27,29)(H2,26,28,30)/b13-10-/t20-/m0/s1. The number of alkyl halides is 3. The predicted molar refractivity (Wildman–Crippen MR) is 131 cm³/mol. The van der Waals surface area contributed by atoms with Gasteiger partial charge in [-0.2, -0.15) is 0 Å². The number of nitrogens with one attached hydrogen (secondary N) is 3. The van der Waals surface area contributed by atoms with Gasteiger partial charge < -0.3 is 16.0 Å². The molecular weight excluding hydrogens is 461 g/mol. The second-order valence-electron chi connectivity index (χ2n) is 6.39. The minimum Gasteiger partial charge on any atom is -0.339 e. The van der Waals surface area contributed by atoms with Gasteiger partial charge in [0.2, 0.25) is 9.70 Å². The number of halogens is 3. The summed E-state index contributed by atoms with van der Waals surface area (Å²) in [5, 5.41) is 10.9. The number of anilines is 1. The minimum atomic E-state index is -1.83. The van der Waals surface area contributed by atoms with Crippen LogP contribution < -0.4 is 16.0 Å². The molecule has 3 aromatic carbocycles. The van der Waals surface area contributed by atoms with Gasteiger partial charge in [0.1, 0.15) is 6.17 Å². The molecule has 3 aromatic rings. The number of fused-ring (bicyclic) bond motifs is 1. The zero-order valence-electron chi connectivity index (χ0n) is 15.6. The molecule has 8 heteroatoms. The minimum absolute atomic E-state index is 0.203. The molecule has 0 radical (unpaired) electrons. The third-order valence-electron chi connectivity index (χ3n) is 4.12. The van der Waals surface area contributed by atoms with Crippen molar-refractivity contribution >= 4 is 80.6 Å². The highest BCUT2D eigenvalue weighted by Crippen LogP contribution is 2.29. The molecule has 0 spiro atoms. The van der Waals surface area contributed by atoms with Gasteiger partial charge in [-0.25, -0.2) is 0 Å². The first kappa shape index (κ1) is 22.4. The first-order valence-corrected chi connectivity index (χ1v) is 10.5. The van der Waals surface area contributed by atoms with Crippen LogP contribution in [0.25, 0.3) is 16.8 Å². The van der Waals surface area contributed by atoms with Gasteiger partial charge in [-0.15, -0.1) is 0 Å². The molecule has 0 bridgehead atoms. The van der Waals surface area contributed by atoms with Crippen LogP contribution in [0.4, 0.5) is 5.69 Å². The molecule has 4 nitrogen and oxygen atoms in total. The van der Waals surface area contributed by atoms with Crippen molar-refractivity contribution < 1.29 is 4.79 Å². The van der Waals surface area contributed by atoms with Gasteiger partial charge in [0.05, 0.1) is 0 Å². The lowest BCUT2D eigenvalue weighted by atomic mass is 10.1. The molecule has 0 unspecified atom stereocenters. The van der Waals surface area contributed by atoms with Crippen LogP contribution in [0.5, 0.6) is 0 Å². The summed E-state index contributed by atoms with van der Waals surface area (Å²) in [5.41, 5.74) is 1.64. The van der Waals surface area contributed by atoms with Crippen molar-refractivity contribution in [2.24, 2.45) is 0 Å². The van der Waals surface area contributed by atoms with E-state index in [1.54, 1.807) is 6.08 Å². The van der Waals surface area contributed by atoms with E-state index in [0.717, 1.165) is 22.0 Å². The first-order chi connectivity index (χ1) is 14.3. The number of hydrogen-bond donors (Lipinski definition) is 3. The van der Waals surface area contributed by atoms with E-state index in [9.17, 15) is 4.79 Å². The summed E-state index contributed by atoms with van der Waals surface area (Å²) in [6, 6.07) is 23.2. The zero-order valence-corrected chi connectivity index (χ0v) is 18.7. The fourth-order valence-corrected chi connectivity index (χ4v) is 3.25. The van der Waals surface area contributed by atoms with Crippen molar-refractivity contribution in [3.63, 3.8) is 0 Å². The summed E-state index contributed by atoms with van der Waals surface area (Å²) in [7, 11) is 0. The fourth-order valence-electron chi connectivity index (χ4n) is 2.69. The van der Waals surface area contributed by atoms with Crippen molar-refractivity contribution in [1.29, 1.82) is 0 Å². The molecule has 3 N–H and O–H groups in total. The molecular formula is C22H18Cl3N3OS.